The summed E-state index contributed by atoms with van der Waals surface area (Å²) in [7, 11) is 0. The van der Waals surface area contributed by atoms with E-state index in [1.165, 1.54) is 0 Å². The molecule has 0 spiro atoms. The summed E-state index contributed by atoms with van der Waals surface area (Å²) in [5.74, 6) is 1.15. The first-order chi connectivity index (χ1) is 14.2. The molecule has 1 N–H and O–H groups in total. The van der Waals surface area contributed by atoms with E-state index >= 15 is 0 Å². The maximum absolute atomic E-state index is 12.5. The van der Waals surface area contributed by atoms with Crippen molar-refractivity contribution >= 4 is 17.5 Å². The van der Waals surface area contributed by atoms with Crippen LogP contribution >= 0.6 is 11.6 Å². The van der Waals surface area contributed by atoms with Crippen molar-refractivity contribution in [2.24, 2.45) is 0 Å². The minimum atomic E-state index is 0.122. The van der Waals surface area contributed by atoms with Crippen LogP contribution in [-0.4, -0.2) is 45.7 Å². The number of nitrogens with zero attached hydrogens (tertiary/aromatic N) is 3. The second-order valence-electron chi connectivity index (χ2n) is 7.20. The van der Waals surface area contributed by atoms with Gasteiger partial charge in [0.25, 0.3) is 0 Å². The van der Waals surface area contributed by atoms with Gasteiger partial charge in [-0.05, 0) is 42.8 Å². The molecule has 2 aromatic heterocycles. The van der Waals surface area contributed by atoms with Crippen LogP contribution in [0.5, 0.6) is 5.75 Å². The van der Waals surface area contributed by atoms with Gasteiger partial charge in [0.15, 0.2) is 0 Å². The fraction of sp³-hybridized carbons (Fsp3) is 0.318. The normalized spacial score (nSPS) is 16.2. The van der Waals surface area contributed by atoms with Gasteiger partial charge in [0.2, 0.25) is 5.91 Å². The molecule has 1 aromatic carbocycles. The Morgan fingerprint density at radius 1 is 1.24 bits per heavy atom. The number of hydrogen-bond donors (Lipinski definition) is 1. The molecule has 1 fully saturated rings. The van der Waals surface area contributed by atoms with Crippen molar-refractivity contribution < 1.29 is 9.53 Å². The van der Waals surface area contributed by atoms with E-state index in [0.29, 0.717) is 24.6 Å². The lowest BCUT2D eigenvalue weighted by Crippen LogP contribution is -2.30. The monoisotopic (exact) mass is 410 g/mol. The third kappa shape index (κ3) is 5.15. The molecule has 4 rings (SSSR count). The van der Waals surface area contributed by atoms with Gasteiger partial charge in [-0.15, -0.1) is 0 Å². The van der Waals surface area contributed by atoms with Crippen LogP contribution in [0.25, 0.3) is 0 Å². The molecular formula is C22H23ClN4O2. The molecule has 7 heteroatoms. The van der Waals surface area contributed by atoms with Crippen LogP contribution in [0.2, 0.25) is 5.02 Å². The zero-order chi connectivity index (χ0) is 20.1. The predicted molar refractivity (Wildman–Crippen MR) is 111 cm³/mol. The number of ether oxygens (including phenoxy) is 1. The number of H-pyrrole nitrogens is 1. The Morgan fingerprint density at radius 3 is 3.00 bits per heavy atom. The van der Waals surface area contributed by atoms with Gasteiger partial charge in [0.05, 0.1) is 18.7 Å². The third-order valence-electron chi connectivity index (χ3n) is 5.10. The summed E-state index contributed by atoms with van der Waals surface area (Å²) >= 11 is 5.97. The first-order valence-electron chi connectivity index (χ1n) is 9.77. The van der Waals surface area contributed by atoms with Crippen molar-refractivity contribution in [3.8, 4) is 5.75 Å². The molecule has 29 heavy (non-hydrogen) atoms. The van der Waals surface area contributed by atoms with E-state index in [1.54, 1.807) is 12.3 Å². The van der Waals surface area contributed by atoms with Gasteiger partial charge in [-0.25, -0.2) is 0 Å². The van der Waals surface area contributed by atoms with E-state index in [1.807, 2.05) is 41.3 Å². The van der Waals surface area contributed by atoms with Crippen molar-refractivity contribution in [2.75, 3.05) is 19.7 Å². The molecule has 0 bridgehead atoms. The molecular weight excluding hydrogens is 388 g/mol. The Labute approximate surface area is 174 Å². The quantitative estimate of drug-likeness (QED) is 0.645. The van der Waals surface area contributed by atoms with Crippen LogP contribution in [0.4, 0.5) is 0 Å². The molecule has 6 nitrogen and oxygen atoms in total. The standard InChI is InChI=1S/C22H23ClN4O2/c23-17-4-3-6-20(12-17)29-11-8-19-13-21(26-25-19)16-7-10-27(15-16)22(28)14-18-5-1-2-9-24-18/h1-6,9,12-13,16H,7-8,10-11,14-15H2,(H,25,26). The largest absolute Gasteiger partial charge is 0.493 e. The van der Waals surface area contributed by atoms with Gasteiger partial charge in [0.1, 0.15) is 5.75 Å². The number of pyridine rings is 1. The highest BCUT2D eigenvalue weighted by molar-refractivity contribution is 6.30. The van der Waals surface area contributed by atoms with Gasteiger partial charge in [-0.1, -0.05) is 23.7 Å². The van der Waals surface area contributed by atoms with Crippen molar-refractivity contribution in [3.05, 3.63) is 76.8 Å². The molecule has 1 atom stereocenters. The lowest BCUT2D eigenvalue weighted by molar-refractivity contribution is -0.129. The first kappa shape index (κ1) is 19.5. The van der Waals surface area contributed by atoms with Crippen LogP contribution in [0.3, 0.4) is 0 Å². The number of carbonyl (C=O) groups excluding carboxylic acids is 1. The minimum absolute atomic E-state index is 0.122. The van der Waals surface area contributed by atoms with E-state index in [2.05, 4.69) is 21.2 Å². The molecule has 0 aliphatic carbocycles. The van der Waals surface area contributed by atoms with Gasteiger partial charge in [0, 0.05) is 48.0 Å². The van der Waals surface area contributed by atoms with Crippen molar-refractivity contribution in [2.45, 2.75) is 25.2 Å². The second-order valence-corrected chi connectivity index (χ2v) is 7.63. The van der Waals surface area contributed by atoms with E-state index in [0.717, 1.165) is 42.2 Å². The van der Waals surface area contributed by atoms with Gasteiger partial charge in [-0.3, -0.25) is 14.9 Å². The Balaban J connectivity index is 1.27. The fourth-order valence-corrected chi connectivity index (χ4v) is 3.73. The van der Waals surface area contributed by atoms with Crippen LogP contribution in [-0.2, 0) is 17.6 Å². The number of hydrogen-bond acceptors (Lipinski definition) is 4. The molecule has 1 amide bonds. The highest BCUT2D eigenvalue weighted by Gasteiger charge is 2.29. The van der Waals surface area contributed by atoms with E-state index in [9.17, 15) is 4.79 Å². The summed E-state index contributed by atoms with van der Waals surface area (Å²) in [6.07, 6.45) is 3.72. The SMILES string of the molecule is O=C(Cc1ccccn1)N1CCC(c2cc(CCOc3cccc(Cl)c3)[nH]n2)C1. The molecule has 1 aliphatic heterocycles. The van der Waals surface area contributed by atoms with Crippen LogP contribution in [0.1, 0.15) is 29.4 Å². The predicted octanol–water partition coefficient (Wildman–Crippen LogP) is 3.64. The van der Waals surface area contributed by atoms with E-state index in [4.69, 9.17) is 16.3 Å². The Hall–Kier alpha value is -2.86. The Morgan fingerprint density at radius 2 is 2.17 bits per heavy atom. The number of amides is 1. The third-order valence-corrected chi connectivity index (χ3v) is 5.34. The molecule has 3 aromatic rings. The first-order valence-corrected chi connectivity index (χ1v) is 10.2. The van der Waals surface area contributed by atoms with Gasteiger partial charge >= 0.3 is 0 Å². The summed E-state index contributed by atoms with van der Waals surface area (Å²) < 4.78 is 5.74. The zero-order valence-corrected chi connectivity index (χ0v) is 16.8. The highest BCUT2D eigenvalue weighted by atomic mass is 35.5. The van der Waals surface area contributed by atoms with Gasteiger partial charge < -0.3 is 9.64 Å². The Bertz CT molecular complexity index is 960. The lowest BCUT2D eigenvalue weighted by Gasteiger charge is -2.15. The number of nitrogens with one attached hydrogen (secondary N) is 1. The van der Waals surface area contributed by atoms with Crippen molar-refractivity contribution in [1.29, 1.82) is 0 Å². The number of aromatic nitrogens is 3. The molecule has 150 valence electrons. The number of halogens is 1. The molecule has 0 saturated carbocycles. The molecule has 3 heterocycles. The van der Waals surface area contributed by atoms with Crippen LogP contribution < -0.4 is 4.74 Å². The number of benzene rings is 1. The molecule has 1 unspecified atom stereocenters. The molecule has 0 radical (unpaired) electrons. The summed E-state index contributed by atoms with van der Waals surface area (Å²) in [5, 5.41) is 8.22. The number of aromatic amines is 1. The topological polar surface area (TPSA) is 71.1 Å². The summed E-state index contributed by atoms with van der Waals surface area (Å²) in [4.78, 5) is 18.7. The average molecular weight is 411 g/mol. The Kier molecular flexibility index (Phi) is 6.10. The number of carbonyl (C=O) groups is 1. The maximum Gasteiger partial charge on any atom is 0.228 e. The smallest absolute Gasteiger partial charge is 0.228 e. The minimum Gasteiger partial charge on any atom is -0.493 e. The van der Waals surface area contributed by atoms with Crippen molar-refractivity contribution in [3.63, 3.8) is 0 Å². The fourth-order valence-electron chi connectivity index (χ4n) is 3.55. The highest BCUT2D eigenvalue weighted by Crippen LogP contribution is 2.27. The van der Waals surface area contributed by atoms with E-state index in [-0.39, 0.29) is 11.8 Å². The summed E-state index contributed by atoms with van der Waals surface area (Å²) in [5.41, 5.74) is 2.85. The van der Waals surface area contributed by atoms with Crippen LogP contribution in [0, 0.1) is 0 Å². The van der Waals surface area contributed by atoms with Crippen LogP contribution in [0.15, 0.2) is 54.7 Å². The lowest BCUT2D eigenvalue weighted by atomic mass is 10.0. The number of rotatable bonds is 7. The summed E-state index contributed by atoms with van der Waals surface area (Å²) in [6.45, 7) is 2.01. The summed E-state index contributed by atoms with van der Waals surface area (Å²) in [6, 6.07) is 15.1. The van der Waals surface area contributed by atoms with Crippen molar-refractivity contribution in [1.82, 2.24) is 20.1 Å². The average Bonchev–Trinajstić information content (AvgIpc) is 3.38. The molecule has 1 saturated heterocycles. The number of likely N-dealkylation sites (tertiary alicyclic amines) is 1. The van der Waals surface area contributed by atoms with Gasteiger partial charge in [-0.2, -0.15) is 5.10 Å². The molecule has 1 aliphatic rings. The maximum atomic E-state index is 12.5. The second kappa shape index (κ2) is 9.09. The zero-order valence-electron chi connectivity index (χ0n) is 16.1. The van der Waals surface area contributed by atoms with E-state index < -0.39 is 0 Å².